The molecule has 0 bridgehead atoms. The molecule has 0 spiro atoms. The van der Waals surface area contributed by atoms with Gasteiger partial charge in [-0.05, 0) is 44.9 Å². The molecule has 0 saturated carbocycles. The van der Waals surface area contributed by atoms with Crippen LogP contribution in [0, 0.1) is 0 Å². The van der Waals surface area contributed by atoms with E-state index in [-0.39, 0.29) is 11.9 Å². The summed E-state index contributed by atoms with van der Waals surface area (Å²) in [5.41, 5.74) is 1.73. The number of rotatable bonds is 5. The molecule has 6 heteroatoms. The minimum absolute atomic E-state index is 0.0729. The normalized spacial score (nSPS) is 16.4. The quantitative estimate of drug-likeness (QED) is 0.801. The summed E-state index contributed by atoms with van der Waals surface area (Å²) in [7, 11) is 0. The Morgan fingerprint density at radius 3 is 2.57 bits per heavy atom. The molecule has 1 atom stereocenters. The van der Waals surface area contributed by atoms with Gasteiger partial charge in [0.2, 0.25) is 5.91 Å². The minimum Gasteiger partial charge on any atom is -0.444 e. The van der Waals surface area contributed by atoms with E-state index in [4.69, 9.17) is 4.74 Å². The Morgan fingerprint density at radius 2 is 1.86 bits per heavy atom. The first-order valence-electron chi connectivity index (χ1n) is 9.81. The topological polar surface area (TPSA) is 63.6 Å². The molecule has 1 N–H and O–H groups in total. The van der Waals surface area contributed by atoms with E-state index in [0.29, 0.717) is 25.9 Å². The van der Waals surface area contributed by atoms with Crippen LogP contribution in [0.4, 0.5) is 4.79 Å². The molecule has 0 fully saturated rings. The van der Waals surface area contributed by atoms with Gasteiger partial charge in [-0.1, -0.05) is 30.3 Å². The van der Waals surface area contributed by atoms with Crippen LogP contribution in [0.15, 0.2) is 48.7 Å². The summed E-state index contributed by atoms with van der Waals surface area (Å²) >= 11 is 0. The number of ether oxygens (including phenoxy) is 1. The zero-order valence-corrected chi connectivity index (χ0v) is 16.9. The molecule has 6 nitrogen and oxygen atoms in total. The number of benzene rings is 1. The Kier molecular flexibility index (Phi) is 6.07. The zero-order valence-electron chi connectivity index (χ0n) is 16.9. The second-order valence-corrected chi connectivity index (χ2v) is 8.06. The smallest absolute Gasteiger partial charge is 0.407 e. The maximum Gasteiger partial charge on any atom is 0.407 e. The van der Waals surface area contributed by atoms with Gasteiger partial charge in [-0.25, -0.2) is 4.79 Å². The molecule has 0 saturated heterocycles. The summed E-state index contributed by atoms with van der Waals surface area (Å²) in [6.45, 7) is 7.37. The molecule has 2 amide bonds. The van der Waals surface area contributed by atoms with Crippen LogP contribution in [-0.4, -0.2) is 40.2 Å². The van der Waals surface area contributed by atoms with E-state index in [1.807, 2.05) is 49.9 Å². The van der Waals surface area contributed by atoms with E-state index in [1.54, 1.807) is 0 Å². The highest BCUT2D eigenvalue weighted by atomic mass is 16.6. The number of hydrogen-bond donors (Lipinski definition) is 1. The van der Waals surface area contributed by atoms with Crippen LogP contribution in [0.5, 0.6) is 0 Å². The zero-order chi connectivity index (χ0) is 20.1. The van der Waals surface area contributed by atoms with E-state index >= 15 is 0 Å². The van der Waals surface area contributed by atoms with E-state index in [1.165, 1.54) is 0 Å². The molecular weight excluding hydrogens is 354 g/mol. The number of fused-ring (bicyclic) bond motifs is 1. The fourth-order valence-corrected chi connectivity index (χ4v) is 3.53. The average Bonchev–Trinajstić information content (AvgIpc) is 3.12. The van der Waals surface area contributed by atoms with Crippen molar-refractivity contribution in [3.8, 4) is 0 Å². The van der Waals surface area contributed by atoms with E-state index < -0.39 is 11.7 Å². The maximum atomic E-state index is 13.0. The molecule has 1 aliphatic heterocycles. The molecule has 28 heavy (non-hydrogen) atoms. The van der Waals surface area contributed by atoms with Gasteiger partial charge in [0.05, 0.1) is 6.04 Å². The Labute approximate surface area is 166 Å². The lowest BCUT2D eigenvalue weighted by atomic mass is 9.99. The van der Waals surface area contributed by atoms with Gasteiger partial charge in [-0.15, -0.1) is 0 Å². The summed E-state index contributed by atoms with van der Waals surface area (Å²) in [4.78, 5) is 26.6. The molecule has 1 aliphatic rings. The average molecular weight is 383 g/mol. The van der Waals surface area contributed by atoms with Gasteiger partial charge in [0.1, 0.15) is 5.60 Å². The second-order valence-electron chi connectivity index (χ2n) is 8.06. The Bertz CT molecular complexity index is 808. The van der Waals surface area contributed by atoms with Crippen LogP contribution < -0.4 is 5.32 Å². The predicted molar refractivity (Wildman–Crippen MR) is 108 cm³/mol. The Balaban J connectivity index is 1.60. The van der Waals surface area contributed by atoms with Crippen molar-refractivity contribution in [2.45, 2.75) is 51.8 Å². The fraction of sp³-hybridized carbons (Fsp3) is 0.455. The molecule has 1 aromatic carbocycles. The summed E-state index contributed by atoms with van der Waals surface area (Å²) in [6, 6.07) is 14.2. The van der Waals surface area contributed by atoms with Crippen LogP contribution in [0.2, 0.25) is 0 Å². The first-order valence-corrected chi connectivity index (χ1v) is 9.81. The summed E-state index contributed by atoms with van der Waals surface area (Å²) < 4.78 is 7.43. The van der Waals surface area contributed by atoms with Gasteiger partial charge in [0.15, 0.2) is 0 Å². The van der Waals surface area contributed by atoms with Crippen molar-refractivity contribution < 1.29 is 14.3 Å². The molecule has 2 heterocycles. The number of aromatic nitrogens is 1. The minimum atomic E-state index is -0.522. The van der Waals surface area contributed by atoms with E-state index in [2.05, 4.69) is 34.3 Å². The second kappa shape index (κ2) is 8.50. The highest BCUT2D eigenvalue weighted by Crippen LogP contribution is 2.32. The molecule has 0 aliphatic carbocycles. The molecule has 1 unspecified atom stereocenters. The number of nitrogens with zero attached hydrogens (tertiary/aromatic N) is 2. The lowest BCUT2D eigenvalue weighted by molar-refractivity contribution is -0.134. The van der Waals surface area contributed by atoms with Gasteiger partial charge in [0.25, 0.3) is 0 Å². The molecule has 0 radical (unpaired) electrons. The molecule has 1 aromatic heterocycles. The number of hydrogen-bond acceptors (Lipinski definition) is 3. The van der Waals surface area contributed by atoms with Gasteiger partial charge in [-0.3, -0.25) is 4.79 Å². The van der Waals surface area contributed by atoms with Crippen molar-refractivity contribution >= 4 is 12.0 Å². The van der Waals surface area contributed by atoms with Crippen molar-refractivity contribution in [2.24, 2.45) is 0 Å². The number of alkyl carbamates (subject to hydrolysis) is 1. The van der Waals surface area contributed by atoms with Crippen molar-refractivity contribution in [3.63, 3.8) is 0 Å². The van der Waals surface area contributed by atoms with Crippen molar-refractivity contribution in [1.29, 1.82) is 0 Å². The SMILES string of the molecule is CC(C)(C)OC(=O)NCCCC(=O)N1CCn2cccc2C1c1ccccc1. The Morgan fingerprint density at radius 1 is 1.11 bits per heavy atom. The number of carbonyl (C=O) groups excluding carboxylic acids is 2. The third-order valence-electron chi connectivity index (χ3n) is 4.71. The van der Waals surface area contributed by atoms with Gasteiger partial charge >= 0.3 is 6.09 Å². The molecule has 3 rings (SSSR count). The standard InChI is InChI=1S/C22H29N3O3/c1-22(2,3)28-21(27)23-13-7-12-19(26)25-16-15-24-14-8-11-18(24)20(25)17-9-5-4-6-10-17/h4-6,8-11,14,20H,7,12-13,15-16H2,1-3H3,(H,23,27). The predicted octanol–water partition coefficient (Wildman–Crippen LogP) is 3.72. The van der Waals surface area contributed by atoms with Crippen LogP contribution in [0.3, 0.4) is 0 Å². The van der Waals surface area contributed by atoms with Crippen molar-refractivity contribution in [3.05, 3.63) is 59.9 Å². The van der Waals surface area contributed by atoms with Crippen LogP contribution in [-0.2, 0) is 16.1 Å². The van der Waals surface area contributed by atoms with Crippen LogP contribution >= 0.6 is 0 Å². The number of carbonyl (C=O) groups is 2. The van der Waals surface area contributed by atoms with Gasteiger partial charge in [0, 0.05) is 37.9 Å². The number of nitrogens with one attached hydrogen (secondary N) is 1. The summed E-state index contributed by atoms with van der Waals surface area (Å²) in [6.07, 6.45) is 2.59. The fourth-order valence-electron chi connectivity index (χ4n) is 3.53. The maximum absolute atomic E-state index is 13.0. The first-order chi connectivity index (χ1) is 13.3. The lowest BCUT2D eigenvalue weighted by Gasteiger charge is -2.37. The van der Waals surface area contributed by atoms with Crippen LogP contribution in [0.1, 0.15) is 50.9 Å². The summed E-state index contributed by atoms with van der Waals surface area (Å²) in [5, 5.41) is 2.72. The monoisotopic (exact) mass is 383 g/mol. The van der Waals surface area contributed by atoms with Gasteiger partial charge < -0.3 is 19.5 Å². The van der Waals surface area contributed by atoms with Crippen molar-refractivity contribution in [1.82, 2.24) is 14.8 Å². The van der Waals surface area contributed by atoms with Crippen LogP contribution in [0.25, 0.3) is 0 Å². The van der Waals surface area contributed by atoms with Gasteiger partial charge in [-0.2, -0.15) is 0 Å². The number of amides is 2. The third kappa shape index (κ3) is 4.94. The Hall–Kier alpha value is -2.76. The van der Waals surface area contributed by atoms with E-state index in [9.17, 15) is 9.59 Å². The van der Waals surface area contributed by atoms with Crippen molar-refractivity contribution in [2.75, 3.05) is 13.1 Å². The molecule has 150 valence electrons. The molecular formula is C22H29N3O3. The lowest BCUT2D eigenvalue weighted by Crippen LogP contribution is -2.42. The summed E-state index contributed by atoms with van der Waals surface area (Å²) in [5.74, 6) is 0.104. The molecule has 2 aromatic rings. The third-order valence-corrected chi connectivity index (χ3v) is 4.71. The first kappa shape index (κ1) is 20.0. The highest BCUT2D eigenvalue weighted by Gasteiger charge is 2.31. The van der Waals surface area contributed by atoms with E-state index in [0.717, 1.165) is 17.8 Å². The largest absolute Gasteiger partial charge is 0.444 e. The highest BCUT2D eigenvalue weighted by molar-refractivity contribution is 5.77.